The monoisotopic (exact) mass is 292 g/mol. The minimum atomic E-state index is -3.70. The van der Waals surface area contributed by atoms with Crippen molar-refractivity contribution in [1.82, 2.24) is 4.72 Å². The topological polar surface area (TPSA) is 70.0 Å². The van der Waals surface area contributed by atoms with Gasteiger partial charge in [0.25, 0.3) is 0 Å². The molecule has 0 radical (unpaired) electrons. The molecule has 1 aromatic heterocycles. The van der Waals surface area contributed by atoms with Crippen LogP contribution in [0.1, 0.15) is 24.1 Å². The fourth-order valence-corrected chi connectivity index (χ4v) is 3.82. The zero-order valence-corrected chi connectivity index (χ0v) is 11.8. The second-order valence-corrected chi connectivity index (χ2v) is 6.47. The van der Waals surface area contributed by atoms with Gasteiger partial charge in [-0.25, -0.2) is 13.1 Å². The van der Waals surface area contributed by atoms with Gasteiger partial charge in [-0.3, -0.25) is 0 Å². The molecule has 0 bridgehead atoms. The summed E-state index contributed by atoms with van der Waals surface area (Å²) in [6.45, 7) is 1.77. The van der Waals surface area contributed by atoms with Gasteiger partial charge in [-0.05, 0) is 41.4 Å². The first-order valence-corrected chi connectivity index (χ1v) is 8.01. The van der Waals surface area contributed by atoms with Crippen LogP contribution in [0, 0.1) is 11.3 Å². The standard InChI is InChI=1S/C13H12N2O2S2/c1-10(12-6-7-18-9-12)15-19(16,17)13-5-3-2-4-11(13)8-14/h2-7,9-10,15H,1H3. The summed E-state index contributed by atoms with van der Waals surface area (Å²) in [4.78, 5) is 0.0135. The number of rotatable bonds is 4. The van der Waals surface area contributed by atoms with Crippen LogP contribution in [0.25, 0.3) is 0 Å². The minimum Gasteiger partial charge on any atom is -0.207 e. The fraction of sp³-hybridized carbons (Fsp3) is 0.154. The van der Waals surface area contributed by atoms with E-state index in [9.17, 15) is 8.42 Å². The zero-order valence-electron chi connectivity index (χ0n) is 10.2. The van der Waals surface area contributed by atoms with Crippen LogP contribution < -0.4 is 4.72 Å². The van der Waals surface area contributed by atoms with Crippen molar-refractivity contribution in [2.75, 3.05) is 0 Å². The largest absolute Gasteiger partial charge is 0.242 e. The van der Waals surface area contributed by atoms with Crippen LogP contribution in [0.4, 0.5) is 0 Å². The van der Waals surface area contributed by atoms with Gasteiger partial charge >= 0.3 is 0 Å². The van der Waals surface area contributed by atoms with Crippen molar-refractivity contribution in [2.45, 2.75) is 17.9 Å². The number of hydrogen-bond donors (Lipinski definition) is 1. The number of sulfonamides is 1. The second kappa shape index (κ2) is 5.53. The Kier molecular flexibility index (Phi) is 4.00. The van der Waals surface area contributed by atoms with Gasteiger partial charge in [0.2, 0.25) is 10.0 Å². The van der Waals surface area contributed by atoms with E-state index < -0.39 is 10.0 Å². The molecular formula is C13H12N2O2S2. The summed E-state index contributed by atoms with van der Waals surface area (Å²) in [5.74, 6) is 0. The summed E-state index contributed by atoms with van der Waals surface area (Å²) in [6, 6.07) is 9.59. The van der Waals surface area contributed by atoms with Crippen LogP contribution in [0.3, 0.4) is 0 Å². The summed E-state index contributed by atoms with van der Waals surface area (Å²) in [6.07, 6.45) is 0. The molecule has 0 amide bonds. The van der Waals surface area contributed by atoms with Crippen LogP contribution >= 0.6 is 11.3 Å². The predicted octanol–water partition coefficient (Wildman–Crippen LogP) is 2.66. The molecule has 0 aliphatic carbocycles. The Morgan fingerprint density at radius 1 is 1.32 bits per heavy atom. The molecule has 6 heteroatoms. The summed E-state index contributed by atoms with van der Waals surface area (Å²) in [5.41, 5.74) is 1.05. The molecule has 98 valence electrons. The molecule has 2 aromatic rings. The lowest BCUT2D eigenvalue weighted by molar-refractivity contribution is 0.567. The number of hydrogen-bond acceptors (Lipinski definition) is 4. The Hall–Kier alpha value is -1.68. The molecule has 0 saturated heterocycles. The predicted molar refractivity (Wildman–Crippen MR) is 74.2 cm³/mol. The molecule has 1 aromatic carbocycles. The lowest BCUT2D eigenvalue weighted by atomic mass is 10.2. The molecular weight excluding hydrogens is 280 g/mol. The normalized spacial score (nSPS) is 12.8. The second-order valence-electron chi connectivity index (χ2n) is 4.01. The van der Waals surface area contributed by atoms with Gasteiger partial charge in [-0.1, -0.05) is 12.1 Å². The molecule has 0 fully saturated rings. The maximum Gasteiger partial charge on any atom is 0.242 e. The number of nitrogens with one attached hydrogen (secondary N) is 1. The lowest BCUT2D eigenvalue weighted by Crippen LogP contribution is -2.27. The van der Waals surface area contributed by atoms with Crippen molar-refractivity contribution < 1.29 is 8.42 Å². The summed E-state index contributed by atoms with van der Waals surface area (Å²) in [7, 11) is -3.70. The highest BCUT2D eigenvalue weighted by Crippen LogP contribution is 2.20. The van der Waals surface area contributed by atoms with Gasteiger partial charge < -0.3 is 0 Å². The molecule has 0 saturated carbocycles. The minimum absolute atomic E-state index is 0.0135. The Morgan fingerprint density at radius 3 is 2.68 bits per heavy atom. The van der Waals surface area contributed by atoms with E-state index in [1.807, 2.05) is 22.9 Å². The van der Waals surface area contributed by atoms with E-state index in [0.29, 0.717) is 0 Å². The molecule has 2 rings (SSSR count). The Labute approximate surface area is 116 Å². The van der Waals surface area contributed by atoms with Crippen LogP contribution in [0.5, 0.6) is 0 Å². The third-order valence-corrected chi connectivity index (χ3v) is 4.97. The van der Waals surface area contributed by atoms with Gasteiger partial charge in [0.05, 0.1) is 10.5 Å². The Balaban J connectivity index is 2.31. The van der Waals surface area contributed by atoms with Gasteiger partial charge in [0, 0.05) is 6.04 Å². The highest BCUT2D eigenvalue weighted by atomic mass is 32.2. The van der Waals surface area contributed by atoms with Gasteiger partial charge in [0.1, 0.15) is 6.07 Å². The summed E-state index contributed by atoms with van der Waals surface area (Å²) >= 11 is 1.51. The maximum absolute atomic E-state index is 12.3. The Bertz CT molecular complexity index is 700. The molecule has 1 N–H and O–H groups in total. The average Bonchev–Trinajstić information content (AvgIpc) is 2.92. The fourth-order valence-electron chi connectivity index (χ4n) is 1.68. The third kappa shape index (κ3) is 3.01. The van der Waals surface area contributed by atoms with Crippen molar-refractivity contribution in [3.63, 3.8) is 0 Å². The molecule has 0 aliphatic rings. The van der Waals surface area contributed by atoms with Crippen molar-refractivity contribution in [1.29, 1.82) is 5.26 Å². The summed E-state index contributed by atoms with van der Waals surface area (Å²) < 4.78 is 27.1. The smallest absolute Gasteiger partial charge is 0.207 e. The van der Waals surface area contributed by atoms with E-state index in [-0.39, 0.29) is 16.5 Å². The van der Waals surface area contributed by atoms with E-state index in [1.165, 1.54) is 23.5 Å². The van der Waals surface area contributed by atoms with Crippen LogP contribution in [0.15, 0.2) is 46.0 Å². The van der Waals surface area contributed by atoms with Crippen LogP contribution in [-0.2, 0) is 10.0 Å². The highest BCUT2D eigenvalue weighted by molar-refractivity contribution is 7.89. The molecule has 0 spiro atoms. The van der Waals surface area contributed by atoms with E-state index >= 15 is 0 Å². The highest BCUT2D eigenvalue weighted by Gasteiger charge is 2.21. The van der Waals surface area contributed by atoms with Gasteiger partial charge in [0.15, 0.2) is 0 Å². The third-order valence-electron chi connectivity index (χ3n) is 2.67. The molecule has 1 heterocycles. The van der Waals surface area contributed by atoms with E-state index in [4.69, 9.17) is 5.26 Å². The van der Waals surface area contributed by atoms with E-state index in [0.717, 1.165) is 5.56 Å². The first kappa shape index (κ1) is 13.7. The average molecular weight is 292 g/mol. The first-order valence-electron chi connectivity index (χ1n) is 5.58. The molecule has 0 aliphatic heterocycles. The van der Waals surface area contributed by atoms with Crippen molar-refractivity contribution >= 4 is 21.4 Å². The molecule has 19 heavy (non-hydrogen) atoms. The van der Waals surface area contributed by atoms with Crippen LogP contribution in [-0.4, -0.2) is 8.42 Å². The van der Waals surface area contributed by atoms with Gasteiger partial charge in [-0.2, -0.15) is 16.6 Å². The molecule has 4 nitrogen and oxygen atoms in total. The number of nitriles is 1. The zero-order chi connectivity index (χ0) is 13.9. The Morgan fingerprint density at radius 2 is 2.05 bits per heavy atom. The van der Waals surface area contributed by atoms with Gasteiger partial charge in [-0.15, -0.1) is 0 Å². The number of thiophene rings is 1. The van der Waals surface area contributed by atoms with Crippen molar-refractivity contribution in [3.05, 3.63) is 52.2 Å². The quantitative estimate of drug-likeness (QED) is 0.941. The van der Waals surface area contributed by atoms with Crippen molar-refractivity contribution in [3.8, 4) is 6.07 Å². The number of benzene rings is 1. The maximum atomic E-state index is 12.3. The van der Waals surface area contributed by atoms with E-state index in [2.05, 4.69) is 4.72 Å². The SMILES string of the molecule is CC(NS(=O)(=O)c1ccccc1C#N)c1ccsc1. The number of nitrogens with zero attached hydrogens (tertiary/aromatic N) is 1. The lowest BCUT2D eigenvalue weighted by Gasteiger charge is -2.13. The van der Waals surface area contributed by atoms with Crippen LogP contribution in [0.2, 0.25) is 0 Å². The molecule has 1 unspecified atom stereocenters. The van der Waals surface area contributed by atoms with Crippen molar-refractivity contribution in [2.24, 2.45) is 0 Å². The molecule has 1 atom stereocenters. The van der Waals surface area contributed by atoms with E-state index in [1.54, 1.807) is 19.1 Å². The summed E-state index contributed by atoms with van der Waals surface area (Å²) in [5, 5.41) is 12.7. The first-order chi connectivity index (χ1) is 9.04.